The molecule has 1 fully saturated rings. The lowest BCUT2D eigenvalue weighted by Gasteiger charge is -2.19. The van der Waals surface area contributed by atoms with E-state index in [9.17, 15) is 4.79 Å². The molecule has 4 heteroatoms. The van der Waals surface area contributed by atoms with Crippen LogP contribution in [0.1, 0.15) is 0 Å². The maximum absolute atomic E-state index is 11.9. The number of hydrogen-bond donors (Lipinski definition) is 0. The van der Waals surface area contributed by atoms with E-state index in [0.29, 0.717) is 4.48 Å². The van der Waals surface area contributed by atoms with E-state index < -0.39 is 0 Å². The van der Waals surface area contributed by atoms with E-state index in [0.717, 1.165) is 18.8 Å². The monoisotopic (exact) mass is 192 g/mol. The second kappa shape index (κ2) is 3.06. The lowest BCUT2D eigenvalue weighted by Crippen LogP contribution is -2.43. The Bertz CT molecular complexity index is 348. The summed E-state index contributed by atoms with van der Waals surface area (Å²) in [5.74, 6) is 0. The van der Waals surface area contributed by atoms with Gasteiger partial charge in [-0.25, -0.2) is 9.28 Å². The van der Waals surface area contributed by atoms with Gasteiger partial charge in [-0.05, 0) is 12.1 Å². The maximum Gasteiger partial charge on any atom is 0.423 e. The fourth-order valence-corrected chi connectivity index (χ4v) is 1.62. The molecule has 0 unspecified atom stereocenters. The number of quaternary nitrogens is 1. The highest BCUT2D eigenvalue weighted by molar-refractivity contribution is 5.88. The number of amides is 2. The van der Waals surface area contributed by atoms with Crippen LogP contribution in [-0.4, -0.2) is 42.7 Å². The fraction of sp³-hybridized carbons (Fsp3) is 0.400. The van der Waals surface area contributed by atoms with Crippen LogP contribution in [0.4, 0.5) is 10.5 Å². The van der Waals surface area contributed by atoms with Crippen LogP contribution in [-0.2, 0) is 0 Å². The highest BCUT2D eigenvalue weighted by atomic mass is 16.2. The average Bonchev–Trinajstić information content (AvgIpc) is 2.44. The molecule has 4 nitrogen and oxygen atoms in total. The van der Waals surface area contributed by atoms with Crippen molar-refractivity contribution >= 4 is 11.7 Å². The summed E-state index contributed by atoms with van der Waals surface area (Å²) in [6, 6.07) is 3.90. The topological polar surface area (TPSA) is 33.2 Å². The van der Waals surface area contributed by atoms with Crippen LogP contribution >= 0.6 is 0 Å². The number of pyridine rings is 1. The molecule has 0 aromatic carbocycles. The van der Waals surface area contributed by atoms with Gasteiger partial charge in [-0.2, -0.15) is 0 Å². The van der Waals surface area contributed by atoms with Gasteiger partial charge in [0, 0.05) is 6.20 Å². The molecule has 1 aliphatic heterocycles. The van der Waals surface area contributed by atoms with Crippen LogP contribution in [0.15, 0.2) is 24.5 Å². The van der Waals surface area contributed by atoms with Crippen molar-refractivity contribution in [2.75, 3.05) is 32.1 Å². The molecular weight excluding hydrogens is 178 g/mol. The zero-order valence-electron chi connectivity index (χ0n) is 8.47. The molecule has 1 aliphatic rings. The number of likely N-dealkylation sites (N-methyl/N-ethyl adjacent to an activating group) is 1. The van der Waals surface area contributed by atoms with Crippen molar-refractivity contribution in [3.63, 3.8) is 0 Å². The molecular formula is C10H14N3O+. The molecule has 1 saturated heterocycles. The number of rotatable bonds is 1. The van der Waals surface area contributed by atoms with E-state index in [2.05, 4.69) is 4.98 Å². The summed E-state index contributed by atoms with van der Waals surface area (Å²) in [5.41, 5.74) is 0.890. The van der Waals surface area contributed by atoms with Gasteiger partial charge in [0.2, 0.25) is 0 Å². The summed E-state index contributed by atoms with van der Waals surface area (Å²) in [7, 11) is 3.86. The van der Waals surface area contributed by atoms with Crippen LogP contribution in [0.5, 0.6) is 0 Å². The number of urea groups is 1. The third kappa shape index (κ3) is 1.37. The van der Waals surface area contributed by atoms with Crippen LogP contribution in [0.3, 0.4) is 0 Å². The zero-order valence-corrected chi connectivity index (χ0v) is 8.47. The van der Waals surface area contributed by atoms with Crippen molar-refractivity contribution in [3.8, 4) is 0 Å². The number of hydrogen-bond acceptors (Lipinski definition) is 2. The lowest BCUT2D eigenvalue weighted by atomic mass is 10.4. The zero-order chi connectivity index (χ0) is 10.2. The molecule has 0 saturated carbocycles. The third-order valence-corrected chi connectivity index (χ3v) is 2.59. The van der Waals surface area contributed by atoms with E-state index >= 15 is 0 Å². The summed E-state index contributed by atoms with van der Waals surface area (Å²) >= 11 is 0. The molecule has 2 heterocycles. The molecule has 1 aromatic heterocycles. The molecule has 0 bridgehead atoms. The Balaban J connectivity index is 2.27. The lowest BCUT2D eigenvalue weighted by molar-refractivity contribution is -0.797. The normalized spacial score (nSPS) is 20.1. The van der Waals surface area contributed by atoms with Gasteiger partial charge in [-0.3, -0.25) is 9.88 Å². The summed E-state index contributed by atoms with van der Waals surface area (Å²) in [6.45, 7) is 1.63. The SMILES string of the molecule is C[N+]1(C)CCN(c2cccnc2)C1=O. The van der Waals surface area contributed by atoms with Gasteiger partial charge in [0.1, 0.15) is 6.54 Å². The first-order valence-electron chi connectivity index (χ1n) is 4.66. The second-order valence-corrected chi connectivity index (χ2v) is 4.05. The Kier molecular flexibility index (Phi) is 2.00. The van der Waals surface area contributed by atoms with Crippen molar-refractivity contribution in [2.45, 2.75) is 0 Å². The number of carbonyl (C=O) groups is 1. The largest absolute Gasteiger partial charge is 0.423 e. The quantitative estimate of drug-likeness (QED) is 0.624. The first-order valence-corrected chi connectivity index (χ1v) is 4.66. The predicted octanol–water partition coefficient (Wildman–Crippen LogP) is 1.10. The molecule has 0 atom stereocenters. The van der Waals surface area contributed by atoms with Crippen molar-refractivity contribution in [1.29, 1.82) is 0 Å². The Morgan fingerprint density at radius 3 is 2.79 bits per heavy atom. The van der Waals surface area contributed by atoms with Crippen molar-refractivity contribution in [3.05, 3.63) is 24.5 Å². The summed E-state index contributed by atoms with van der Waals surface area (Å²) < 4.78 is 0.425. The van der Waals surface area contributed by atoms with E-state index in [-0.39, 0.29) is 6.03 Å². The smallest absolute Gasteiger partial charge is 0.263 e. The minimum absolute atomic E-state index is 0.137. The van der Waals surface area contributed by atoms with Gasteiger partial charge in [0.05, 0.1) is 32.5 Å². The van der Waals surface area contributed by atoms with Crippen LogP contribution in [0, 0.1) is 0 Å². The van der Waals surface area contributed by atoms with Crippen LogP contribution in [0.25, 0.3) is 0 Å². The fourth-order valence-electron chi connectivity index (χ4n) is 1.62. The summed E-state index contributed by atoms with van der Waals surface area (Å²) in [4.78, 5) is 17.7. The number of nitrogens with zero attached hydrogens (tertiary/aromatic N) is 3. The van der Waals surface area contributed by atoms with E-state index in [4.69, 9.17) is 0 Å². The summed E-state index contributed by atoms with van der Waals surface area (Å²) in [5, 5.41) is 0. The summed E-state index contributed by atoms with van der Waals surface area (Å²) in [6.07, 6.45) is 3.44. The minimum atomic E-state index is 0.137. The number of aromatic nitrogens is 1. The first kappa shape index (κ1) is 9.15. The molecule has 0 N–H and O–H groups in total. The Hall–Kier alpha value is -1.42. The molecule has 0 radical (unpaired) electrons. The molecule has 74 valence electrons. The molecule has 2 amide bonds. The average molecular weight is 192 g/mol. The highest BCUT2D eigenvalue weighted by Crippen LogP contribution is 2.21. The van der Waals surface area contributed by atoms with Gasteiger partial charge in [-0.15, -0.1) is 0 Å². The molecule has 2 rings (SSSR count). The molecule has 14 heavy (non-hydrogen) atoms. The van der Waals surface area contributed by atoms with Crippen LogP contribution in [0.2, 0.25) is 0 Å². The van der Waals surface area contributed by atoms with E-state index in [1.807, 2.05) is 26.2 Å². The van der Waals surface area contributed by atoms with E-state index in [1.54, 1.807) is 17.3 Å². The Morgan fingerprint density at radius 1 is 1.50 bits per heavy atom. The van der Waals surface area contributed by atoms with Crippen molar-refractivity contribution < 1.29 is 9.28 Å². The minimum Gasteiger partial charge on any atom is -0.263 e. The Labute approximate surface area is 83.4 Å². The second-order valence-electron chi connectivity index (χ2n) is 4.05. The Morgan fingerprint density at radius 2 is 2.29 bits per heavy atom. The van der Waals surface area contributed by atoms with Crippen molar-refractivity contribution in [1.82, 2.24) is 4.98 Å². The van der Waals surface area contributed by atoms with Crippen LogP contribution < -0.4 is 4.90 Å². The van der Waals surface area contributed by atoms with Gasteiger partial charge >= 0.3 is 6.03 Å². The van der Waals surface area contributed by atoms with Gasteiger partial charge in [-0.1, -0.05) is 0 Å². The van der Waals surface area contributed by atoms with Gasteiger partial charge in [0.15, 0.2) is 0 Å². The standard InChI is InChI=1S/C10H14N3O/c1-13(2)7-6-12(10(13)14)9-4-3-5-11-8-9/h3-5,8H,6-7H2,1-2H3/q+1. The number of carbonyl (C=O) groups excluding carboxylic acids is 1. The highest BCUT2D eigenvalue weighted by Gasteiger charge is 2.40. The maximum atomic E-state index is 11.9. The van der Waals surface area contributed by atoms with E-state index in [1.165, 1.54) is 0 Å². The number of anilines is 1. The predicted molar refractivity (Wildman–Crippen MR) is 54.0 cm³/mol. The van der Waals surface area contributed by atoms with Crippen molar-refractivity contribution in [2.24, 2.45) is 0 Å². The molecule has 0 spiro atoms. The molecule has 0 aliphatic carbocycles. The van der Waals surface area contributed by atoms with Gasteiger partial charge < -0.3 is 0 Å². The first-order chi connectivity index (χ1) is 6.61. The third-order valence-electron chi connectivity index (χ3n) is 2.59. The molecule has 1 aromatic rings. The van der Waals surface area contributed by atoms with Gasteiger partial charge in [0.25, 0.3) is 0 Å².